The lowest BCUT2D eigenvalue weighted by atomic mass is 10.2. The zero-order valence-electron chi connectivity index (χ0n) is 8.86. The van der Waals surface area contributed by atoms with Gasteiger partial charge in [0.2, 0.25) is 5.89 Å². The van der Waals surface area contributed by atoms with Crippen LogP contribution in [-0.2, 0) is 12.2 Å². The second kappa shape index (κ2) is 5.36. The molecule has 1 aromatic heterocycles. The summed E-state index contributed by atoms with van der Waals surface area (Å²) in [6, 6.07) is 0.0704. The van der Waals surface area contributed by atoms with Crippen molar-refractivity contribution in [3.63, 3.8) is 0 Å². The molecule has 80 valence electrons. The van der Waals surface area contributed by atoms with Gasteiger partial charge in [-0.2, -0.15) is 16.7 Å². The second-order valence-electron chi connectivity index (χ2n) is 3.65. The van der Waals surface area contributed by atoms with Crippen LogP contribution in [0.5, 0.6) is 0 Å². The van der Waals surface area contributed by atoms with Gasteiger partial charge in [-0.3, -0.25) is 0 Å². The molecule has 4 nitrogen and oxygen atoms in total. The summed E-state index contributed by atoms with van der Waals surface area (Å²) >= 11 is 1.80. The average molecular weight is 215 g/mol. The van der Waals surface area contributed by atoms with Crippen molar-refractivity contribution >= 4 is 11.8 Å². The molecule has 0 aliphatic heterocycles. The van der Waals surface area contributed by atoms with Crippen molar-refractivity contribution in [2.24, 2.45) is 5.73 Å². The van der Waals surface area contributed by atoms with Gasteiger partial charge in [-0.1, -0.05) is 19.0 Å². The predicted molar refractivity (Wildman–Crippen MR) is 58.1 cm³/mol. The van der Waals surface area contributed by atoms with Crippen LogP contribution in [-0.4, -0.2) is 21.4 Å². The van der Waals surface area contributed by atoms with Crippen molar-refractivity contribution in [3.8, 4) is 0 Å². The van der Waals surface area contributed by atoms with E-state index in [0.29, 0.717) is 17.6 Å². The maximum absolute atomic E-state index is 5.62. The normalized spacial score (nSPS) is 13.5. The molecule has 14 heavy (non-hydrogen) atoms. The van der Waals surface area contributed by atoms with Crippen molar-refractivity contribution in [1.82, 2.24) is 10.1 Å². The second-order valence-corrected chi connectivity index (χ2v) is 5.21. The molecule has 1 rings (SSSR count). The summed E-state index contributed by atoms with van der Waals surface area (Å²) in [5.41, 5.74) is 5.62. The highest BCUT2D eigenvalue weighted by Crippen LogP contribution is 2.14. The lowest BCUT2D eigenvalue weighted by molar-refractivity contribution is 0.368. The molecule has 0 aliphatic rings. The SMILES string of the molecule is CC(N)Cc1nc(CSC(C)C)no1. The first-order chi connectivity index (χ1) is 6.58. The van der Waals surface area contributed by atoms with Gasteiger partial charge in [0.15, 0.2) is 5.82 Å². The van der Waals surface area contributed by atoms with Crippen LogP contribution in [0.25, 0.3) is 0 Å². The van der Waals surface area contributed by atoms with E-state index in [0.717, 1.165) is 11.6 Å². The highest BCUT2D eigenvalue weighted by Gasteiger charge is 2.08. The van der Waals surface area contributed by atoms with Crippen molar-refractivity contribution in [2.75, 3.05) is 0 Å². The summed E-state index contributed by atoms with van der Waals surface area (Å²) < 4.78 is 5.05. The Hall–Kier alpha value is -0.550. The quantitative estimate of drug-likeness (QED) is 0.808. The number of hydrogen-bond donors (Lipinski definition) is 1. The minimum Gasteiger partial charge on any atom is -0.339 e. The maximum Gasteiger partial charge on any atom is 0.228 e. The molecule has 0 radical (unpaired) electrons. The van der Waals surface area contributed by atoms with Gasteiger partial charge >= 0.3 is 0 Å². The number of aromatic nitrogens is 2. The molecule has 0 aliphatic carbocycles. The Morgan fingerprint density at radius 1 is 1.43 bits per heavy atom. The third-order valence-corrected chi connectivity index (χ3v) is 2.64. The molecule has 0 amide bonds. The van der Waals surface area contributed by atoms with Gasteiger partial charge < -0.3 is 10.3 Å². The molecular formula is C9H17N3OS. The third kappa shape index (κ3) is 4.11. The zero-order valence-corrected chi connectivity index (χ0v) is 9.67. The highest BCUT2D eigenvalue weighted by molar-refractivity contribution is 7.99. The van der Waals surface area contributed by atoms with E-state index in [4.69, 9.17) is 10.3 Å². The van der Waals surface area contributed by atoms with Gasteiger partial charge in [0, 0.05) is 12.5 Å². The van der Waals surface area contributed by atoms with Crippen molar-refractivity contribution < 1.29 is 4.52 Å². The Kier molecular flexibility index (Phi) is 4.41. The Morgan fingerprint density at radius 3 is 2.71 bits per heavy atom. The molecule has 0 fully saturated rings. The van der Waals surface area contributed by atoms with Crippen LogP contribution in [0.15, 0.2) is 4.52 Å². The molecule has 0 saturated carbocycles. The lowest BCUT2D eigenvalue weighted by Crippen LogP contribution is -2.17. The number of nitrogens with two attached hydrogens (primary N) is 1. The van der Waals surface area contributed by atoms with Crippen LogP contribution in [0.1, 0.15) is 32.5 Å². The summed E-state index contributed by atoms with van der Waals surface area (Å²) in [5, 5.41) is 4.47. The van der Waals surface area contributed by atoms with Gasteiger partial charge in [0.25, 0.3) is 0 Å². The fraction of sp³-hybridized carbons (Fsp3) is 0.778. The molecule has 1 atom stereocenters. The molecule has 0 saturated heterocycles. The topological polar surface area (TPSA) is 64.9 Å². The molecular weight excluding hydrogens is 198 g/mol. The van der Waals surface area contributed by atoms with Gasteiger partial charge in [-0.05, 0) is 12.2 Å². The number of hydrogen-bond acceptors (Lipinski definition) is 5. The van der Waals surface area contributed by atoms with E-state index >= 15 is 0 Å². The van der Waals surface area contributed by atoms with Gasteiger partial charge in [-0.15, -0.1) is 0 Å². The summed E-state index contributed by atoms with van der Waals surface area (Å²) in [6.07, 6.45) is 0.652. The molecule has 1 unspecified atom stereocenters. The van der Waals surface area contributed by atoms with E-state index in [1.165, 1.54) is 0 Å². The van der Waals surface area contributed by atoms with Gasteiger partial charge in [0.05, 0.1) is 5.75 Å². The zero-order chi connectivity index (χ0) is 10.6. The van der Waals surface area contributed by atoms with E-state index in [2.05, 4.69) is 24.0 Å². The van der Waals surface area contributed by atoms with Crippen molar-refractivity contribution in [1.29, 1.82) is 0 Å². The fourth-order valence-electron chi connectivity index (χ4n) is 0.948. The summed E-state index contributed by atoms with van der Waals surface area (Å²) in [7, 11) is 0. The van der Waals surface area contributed by atoms with Crippen molar-refractivity contribution in [3.05, 3.63) is 11.7 Å². The molecule has 0 spiro atoms. The van der Waals surface area contributed by atoms with E-state index in [1.807, 2.05) is 6.92 Å². The number of nitrogens with zero attached hydrogens (tertiary/aromatic N) is 2. The molecule has 2 N–H and O–H groups in total. The van der Waals surface area contributed by atoms with Gasteiger partial charge in [-0.25, -0.2) is 0 Å². The monoisotopic (exact) mass is 215 g/mol. The van der Waals surface area contributed by atoms with E-state index in [1.54, 1.807) is 11.8 Å². The van der Waals surface area contributed by atoms with Crippen LogP contribution >= 0.6 is 11.8 Å². The van der Waals surface area contributed by atoms with Crippen LogP contribution in [0, 0.1) is 0 Å². The van der Waals surface area contributed by atoms with Gasteiger partial charge in [0.1, 0.15) is 0 Å². The Morgan fingerprint density at radius 2 is 2.14 bits per heavy atom. The summed E-state index contributed by atoms with van der Waals surface area (Å²) in [4.78, 5) is 4.24. The Bertz CT molecular complexity index is 273. The minimum absolute atomic E-state index is 0.0704. The highest BCUT2D eigenvalue weighted by atomic mass is 32.2. The largest absolute Gasteiger partial charge is 0.339 e. The number of rotatable bonds is 5. The molecule has 1 aromatic rings. The minimum atomic E-state index is 0.0704. The van der Waals surface area contributed by atoms with Crippen LogP contribution in [0.3, 0.4) is 0 Å². The fourth-order valence-corrected chi connectivity index (χ4v) is 1.55. The smallest absolute Gasteiger partial charge is 0.228 e. The third-order valence-electron chi connectivity index (χ3n) is 1.55. The van der Waals surface area contributed by atoms with Crippen LogP contribution < -0.4 is 5.73 Å². The molecule has 5 heteroatoms. The lowest BCUT2D eigenvalue weighted by Gasteiger charge is -1.99. The molecule has 1 heterocycles. The van der Waals surface area contributed by atoms with E-state index in [-0.39, 0.29) is 6.04 Å². The summed E-state index contributed by atoms with van der Waals surface area (Å²) in [6.45, 7) is 6.22. The van der Waals surface area contributed by atoms with Crippen LogP contribution in [0.4, 0.5) is 0 Å². The molecule has 0 bridgehead atoms. The Balaban J connectivity index is 2.42. The van der Waals surface area contributed by atoms with E-state index < -0.39 is 0 Å². The Labute approximate surface area is 88.6 Å². The first kappa shape index (κ1) is 11.5. The predicted octanol–water partition coefficient (Wildman–Crippen LogP) is 1.60. The first-order valence-corrected chi connectivity index (χ1v) is 5.81. The standard InChI is InChI=1S/C9H17N3OS/c1-6(2)14-5-8-11-9(13-12-8)4-7(3)10/h6-7H,4-5,10H2,1-3H3. The number of thioether (sulfide) groups is 1. The van der Waals surface area contributed by atoms with E-state index in [9.17, 15) is 0 Å². The summed E-state index contributed by atoms with van der Waals surface area (Å²) in [5.74, 6) is 2.21. The van der Waals surface area contributed by atoms with Crippen molar-refractivity contribution in [2.45, 2.75) is 44.2 Å². The van der Waals surface area contributed by atoms with Crippen LogP contribution in [0.2, 0.25) is 0 Å². The molecule has 0 aromatic carbocycles. The maximum atomic E-state index is 5.62. The first-order valence-electron chi connectivity index (χ1n) is 4.76. The average Bonchev–Trinajstić information content (AvgIpc) is 2.47.